The second-order valence-corrected chi connectivity index (χ2v) is 4.93. The molecule has 0 aromatic heterocycles. The van der Waals surface area contributed by atoms with Gasteiger partial charge >= 0.3 is 0 Å². The number of amides is 1. The Bertz CT molecular complexity index is 364. The van der Waals surface area contributed by atoms with Crippen LogP contribution in [0.4, 0.5) is 0 Å². The van der Waals surface area contributed by atoms with Crippen molar-refractivity contribution in [1.82, 2.24) is 10.6 Å². The molecule has 0 saturated carbocycles. The summed E-state index contributed by atoms with van der Waals surface area (Å²) >= 11 is 3.42. The zero-order chi connectivity index (χ0) is 12.8. The molecule has 0 heterocycles. The van der Waals surface area contributed by atoms with Crippen LogP contribution in [0.2, 0.25) is 0 Å². The third kappa shape index (κ3) is 4.13. The van der Waals surface area contributed by atoms with E-state index in [4.69, 9.17) is 0 Å². The number of carbonyl (C=O) groups is 1. The predicted molar refractivity (Wildman–Crippen MR) is 73.8 cm³/mol. The van der Waals surface area contributed by atoms with Crippen molar-refractivity contribution in [2.24, 2.45) is 0 Å². The lowest BCUT2D eigenvalue weighted by atomic mass is 10.0. The van der Waals surface area contributed by atoms with Gasteiger partial charge in [0.25, 0.3) is 0 Å². The van der Waals surface area contributed by atoms with Crippen molar-refractivity contribution in [3.05, 3.63) is 34.3 Å². The van der Waals surface area contributed by atoms with E-state index >= 15 is 0 Å². The fourth-order valence-corrected chi connectivity index (χ4v) is 2.00. The summed E-state index contributed by atoms with van der Waals surface area (Å²) in [5, 5.41) is 5.97. The molecule has 0 aliphatic rings. The van der Waals surface area contributed by atoms with Crippen LogP contribution in [-0.2, 0) is 4.79 Å². The first-order valence-electron chi connectivity index (χ1n) is 5.81. The van der Waals surface area contributed by atoms with E-state index in [0.29, 0.717) is 0 Å². The SMILES string of the molecule is CC[C@H](N[C@H](C)C(=O)NC)c1ccc(Br)cc1. The van der Waals surface area contributed by atoms with Gasteiger partial charge in [0.2, 0.25) is 5.91 Å². The molecular weight excluding hydrogens is 280 g/mol. The molecule has 1 amide bonds. The van der Waals surface area contributed by atoms with Crippen molar-refractivity contribution in [2.45, 2.75) is 32.4 Å². The zero-order valence-electron chi connectivity index (χ0n) is 10.5. The molecule has 0 fully saturated rings. The molecule has 1 aromatic carbocycles. The summed E-state index contributed by atoms with van der Waals surface area (Å²) in [6.07, 6.45) is 0.947. The summed E-state index contributed by atoms with van der Waals surface area (Å²) in [4.78, 5) is 11.5. The number of hydrogen-bond donors (Lipinski definition) is 2. The molecule has 94 valence electrons. The number of nitrogens with one attached hydrogen (secondary N) is 2. The normalized spacial score (nSPS) is 14.1. The molecule has 4 heteroatoms. The molecule has 0 saturated heterocycles. The highest BCUT2D eigenvalue weighted by Crippen LogP contribution is 2.19. The zero-order valence-corrected chi connectivity index (χ0v) is 12.0. The minimum Gasteiger partial charge on any atom is -0.358 e. The van der Waals surface area contributed by atoms with Gasteiger partial charge in [-0.25, -0.2) is 0 Å². The molecule has 0 aliphatic carbocycles. The number of likely N-dealkylation sites (N-methyl/N-ethyl adjacent to an activating group) is 1. The Morgan fingerprint density at radius 2 is 1.94 bits per heavy atom. The smallest absolute Gasteiger partial charge is 0.236 e. The maximum Gasteiger partial charge on any atom is 0.236 e. The molecular formula is C13H19BrN2O. The fourth-order valence-electron chi connectivity index (χ4n) is 1.74. The summed E-state index contributed by atoms with van der Waals surface area (Å²) in [6, 6.07) is 8.20. The molecule has 1 aromatic rings. The first kappa shape index (κ1) is 14.2. The standard InChI is InChI=1S/C13H19BrN2O/c1-4-12(16-9(2)13(17)15-3)10-5-7-11(14)8-6-10/h5-9,12,16H,4H2,1-3H3,(H,15,17)/t9-,12+/m1/s1. The lowest BCUT2D eigenvalue weighted by Gasteiger charge is -2.21. The lowest BCUT2D eigenvalue weighted by molar-refractivity contribution is -0.122. The summed E-state index contributed by atoms with van der Waals surface area (Å²) in [5.41, 5.74) is 1.20. The molecule has 2 N–H and O–H groups in total. The molecule has 1 rings (SSSR count). The van der Waals surface area contributed by atoms with Crippen LogP contribution >= 0.6 is 15.9 Å². The highest BCUT2D eigenvalue weighted by atomic mass is 79.9. The Balaban J connectivity index is 2.71. The van der Waals surface area contributed by atoms with Crippen LogP contribution in [0.3, 0.4) is 0 Å². The predicted octanol–water partition coefficient (Wildman–Crippen LogP) is 2.62. The van der Waals surface area contributed by atoms with E-state index in [1.54, 1.807) is 7.05 Å². The second kappa shape index (κ2) is 6.77. The van der Waals surface area contributed by atoms with Gasteiger partial charge < -0.3 is 5.32 Å². The Morgan fingerprint density at radius 3 is 2.41 bits per heavy atom. The van der Waals surface area contributed by atoms with Crippen LogP contribution in [0.5, 0.6) is 0 Å². The van der Waals surface area contributed by atoms with Crippen LogP contribution in [-0.4, -0.2) is 19.0 Å². The number of rotatable bonds is 5. The van der Waals surface area contributed by atoms with Crippen molar-refractivity contribution in [3.63, 3.8) is 0 Å². The summed E-state index contributed by atoms with van der Waals surface area (Å²) in [7, 11) is 1.65. The van der Waals surface area contributed by atoms with Gasteiger partial charge in [-0.05, 0) is 31.0 Å². The van der Waals surface area contributed by atoms with Crippen molar-refractivity contribution in [2.75, 3.05) is 7.05 Å². The first-order chi connectivity index (χ1) is 8.08. The van der Waals surface area contributed by atoms with Gasteiger partial charge in [-0.15, -0.1) is 0 Å². The van der Waals surface area contributed by atoms with E-state index in [0.717, 1.165) is 10.9 Å². The van der Waals surface area contributed by atoms with Gasteiger partial charge in [0.05, 0.1) is 6.04 Å². The Hall–Kier alpha value is -0.870. The highest BCUT2D eigenvalue weighted by molar-refractivity contribution is 9.10. The van der Waals surface area contributed by atoms with Gasteiger partial charge in [0.1, 0.15) is 0 Å². The van der Waals surface area contributed by atoms with Gasteiger partial charge in [0.15, 0.2) is 0 Å². The summed E-state index contributed by atoms with van der Waals surface area (Å²) < 4.78 is 1.07. The molecule has 0 spiro atoms. The Kier molecular flexibility index (Phi) is 5.65. The molecule has 3 nitrogen and oxygen atoms in total. The fraction of sp³-hybridized carbons (Fsp3) is 0.462. The first-order valence-corrected chi connectivity index (χ1v) is 6.60. The number of hydrogen-bond acceptors (Lipinski definition) is 2. The van der Waals surface area contributed by atoms with Crippen molar-refractivity contribution >= 4 is 21.8 Å². The molecule has 0 unspecified atom stereocenters. The maximum atomic E-state index is 11.5. The minimum absolute atomic E-state index is 0.0144. The minimum atomic E-state index is -0.186. The third-order valence-electron chi connectivity index (χ3n) is 2.77. The Labute approximate surface area is 111 Å². The molecule has 0 aliphatic heterocycles. The van der Waals surface area contributed by atoms with Crippen LogP contribution in [0.15, 0.2) is 28.7 Å². The van der Waals surface area contributed by atoms with E-state index < -0.39 is 0 Å². The summed E-state index contributed by atoms with van der Waals surface area (Å²) in [6.45, 7) is 3.98. The van der Waals surface area contributed by atoms with Crippen molar-refractivity contribution in [1.29, 1.82) is 0 Å². The van der Waals surface area contributed by atoms with E-state index in [1.165, 1.54) is 5.56 Å². The highest BCUT2D eigenvalue weighted by Gasteiger charge is 2.16. The monoisotopic (exact) mass is 298 g/mol. The largest absolute Gasteiger partial charge is 0.358 e. The molecule has 0 radical (unpaired) electrons. The lowest BCUT2D eigenvalue weighted by Crippen LogP contribution is -2.42. The average molecular weight is 299 g/mol. The van der Waals surface area contributed by atoms with Gasteiger partial charge in [-0.2, -0.15) is 0 Å². The van der Waals surface area contributed by atoms with Crippen LogP contribution in [0, 0.1) is 0 Å². The maximum absolute atomic E-state index is 11.5. The average Bonchev–Trinajstić information content (AvgIpc) is 2.35. The number of halogens is 1. The Morgan fingerprint density at radius 1 is 1.35 bits per heavy atom. The quantitative estimate of drug-likeness (QED) is 0.877. The number of carbonyl (C=O) groups excluding carboxylic acids is 1. The number of benzene rings is 1. The third-order valence-corrected chi connectivity index (χ3v) is 3.30. The van der Waals surface area contributed by atoms with E-state index in [1.807, 2.05) is 19.1 Å². The van der Waals surface area contributed by atoms with E-state index in [2.05, 4.69) is 45.6 Å². The van der Waals surface area contributed by atoms with Crippen LogP contribution < -0.4 is 10.6 Å². The van der Waals surface area contributed by atoms with Crippen LogP contribution in [0.25, 0.3) is 0 Å². The van der Waals surface area contributed by atoms with Gasteiger partial charge in [-0.3, -0.25) is 10.1 Å². The molecule has 17 heavy (non-hydrogen) atoms. The van der Waals surface area contributed by atoms with Crippen molar-refractivity contribution < 1.29 is 4.79 Å². The summed E-state index contributed by atoms with van der Waals surface area (Å²) in [5.74, 6) is 0.0144. The van der Waals surface area contributed by atoms with Gasteiger partial charge in [-0.1, -0.05) is 35.0 Å². The van der Waals surface area contributed by atoms with E-state index in [-0.39, 0.29) is 18.0 Å². The van der Waals surface area contributed by atoms with E-state index in [9.17, 15) is 4.79 Å². The van der Waals surface area contributed by atoms with Crippen molar-refractivity contribution in [3.8, 4) is 0 Å². The van der Waals surface area contributed by atoms with Crippen LogP contribution in [0.1, 0.15) is 31.9 Å². The molecule has 2 atom stereocenters. The second-order valence-electron chi connectivity index (χ2n) is 4.01. The topological polar surface area (TPSA) is 41.1 Å². The van der Waals surface area contributed by atoms with Gasteiger partial charge in [0, 0.05) is 17.6 Å². The molecule has 0 bridgehead atoms.